The molecule has 1 saturated heterocycles. The third-order valence-electron chi connectivity index (χ3n) is 6.17. The number of nitrogens with one attached hydrogen (secondary N) is 2. The fourth-order valence-corrected chi connectivity index (χ4v) is 3.97. The lowest BCUT2D eigenvalue weighted by Crippen LogP contribution is -2.42. The van der Waals surface area contributed by atoms with Gasteiger partial charge in [0.2, 0.25) is 12.1 Å². The molecule has 0 spiro atoms. The van der Waals surface area contributed by atoms with Crippen LogP contribution in [0.15, 0.2) is 47.4 Å². The van der Waals surface area contributed by atoms with E-state index < -0.39 is 48.7 Å². The summed E-state index contributed by atoms with van der Waals surface area (Å²) in [7, 11) is 0. The van der Waals surface area contributed by atoms with Gasteiger partial charge in [-0.3, -0.25) is 19.5 Å². The van der Waals surface area contributed by atoms with Crippen molar-refractivity contribution >= 4 is 29.5 Å². The van der Waals surface area contributed by atoms with Crippen LogP contribution in [0.5, 0.6) is 0 Å². The van der Waals surface area contributed by atoms with Crippen LogP contribution >= 0.6 is 0 Å². The van der Waals surface area contributed by atoms with Gasteiger partial charge in [0, 0.05) is 24.7 Å². The molecule has 1 aromatic heterocycles. The number of esters is 1. The quantitative estimate of drug-likeness (QED) is 0.224. The number of carbonyl (C=O) groups is 3. The van der Waals surface area contributed by atoms with Gasteiger partial charge < -0.3 is 24.6 Å². The number of unbranched alkanes of at least 4 members (excludes halogenated alkanes) is 3. The van der Waals surface area contributed by atoms with E-state index in [1.165, 1.54) is 0 Å². The van der Waals surface area contributed by atoms with Gasteiger partial charge in [-0.1, -0.05) is 38.0 Å². The third-order valence-corrected chi connectivity index (χ3v) is 6.17. The van der Waals surface area contributed by atoms with Gasteiger partial charge >= 0.3 is 23.7 Å². The molecule has 2 heterocycles. The van der Waals surface area contributed by atoms with E-state index in [1.807, 2.05) is 13.0 Å². The summed E-state index contributed by atoms with van der Waals surface area (Å²) in [5, 5.41) is 15.1. The molecule has 1 aliphatic rings. The highest BCUT2D eigenvalue weighted by Gasteiger charge is 2.60. The highest BCUT2D eigenvalue weighted by Crippen LogP contribution is 2.42. The van der Waals surface area contributed by atoms with E-state index in [4.69, 9.17) is 14.2 Å². The molecule has 0 saturated carbocycles. The Morgan fingerprint density at radius 2 is 1.78 bits per heavy atom. The Bertz CT molecular complexity index is 1230. The predicted molar refractivity (Wildman–Crippen MR) is 142 cm³/mol. The molecule has 12 nitrogen and oxygen atoms in total. The number of halogens is 2. The minimum Gasteiger partial charge on any atom is -0.463 e. The first kappa shape index (κ1) is 31.6. The predicted octanol–water partition coefficient (Wildman–Crippen LogP) is 3.62. The molecular weight excluding hydrogens is 546 g/mol. The SMILES string of the molecule is CCCCCOC(=O)Nc1ccn([C@@H]2O[C@H](COC(=O)CCCCC(=O)Nc3ccccc3)[C@@H](O)C2(F)F)c(=O)n1. The molecule has 0 unspecified atom stereocenters. The van der Waals surface area contributed by atoms with E-state index in [2.05, 4.69) is 15.6 Å². The monoisotopic (exact) mass is 580 g/mol. The van der Waals surface area contributed by atoms with Gasteiger partial charge in [-0.2, -0.15) is 13.8 Å². The Morgan fingerprint density at radius 3 is 2.49 bits per heavy atom. The summed E-state index contributed by atoms with van der Waals surface area (Å²) < 4.78 is 45.2. The first-order chi connectivity index (χ1) is 19.6. The molecule has 0 aliphatic carbocycles. The second-order valence-corrected chi connectivity index (χ2v) is 9.42. The van der Waals surface area contributed by atoms with Gasteiger partial charge in [0.1, 0.15) is 18.5 Å². The summed E-state index contributed by atoms with van der Waals surface area (Å²) in [6, 6.07) is 9.99. The van der Waals surface area contributed by atoms with Crippen molar-refractivity contribution in [1.29, 1.82) is 0 Å². The number of carbonyl (C=O) groups excluding carboxylic acids is 3. The van der Waals surface area contributed by atoms with E-state index in [0.29, 0.717) is 29.5 Å². The molecule has 3 rings (SSSR count). The minimum absolute atomic E-state index is 0.0693. The first-order valence-electron chi connectivity index (χ1n) is 13.4. The fraction of sp³-hybridized carbons (Fsp3) is 0.519. The number of anilines is 2. The van der Waals surface area contributed by atoms with E-state index in [1.54, 1.807) is 24.3 Å². The zero-order valence-electron chi connectivity index (χ0n) is 22.6. The number of hydrogen-bond donors (Lipinski definition) is 3. The summed E-state index contributed by atoms with van der Waals surface area (Å²) in [5.74, 6) is -5.05. The molecule has 14 heteroatoms. The number of alkyl halides is 2. The van der Waals surface area contributed by atoms with Gasteiger partial charge in [0.15, 0.2) is 6.10 Å². The molecule has 3 N–H and O–H groups in total. The Hall–Kier alpha value is -3.91. The van der Waals surface area contributed by atoms with Gasteiger partial charge in [-0.15, -0.1) is 0 Å². The zero-order chi connectivity index (χ0) is 29.8. The van der Waals surface area contributed by atoms with E-state index >= 15 is 0 Å². The topological polar surface area (TPSA) is 158 Å². The van der Waals surface area contributed by atoms with Crippen molar-refractivity contribution in [3.63, 3.8) is 0 Å². The van der Waals surface area contributed by atoms with Crippen LogP contribution in [0, 0.1) is 0 Å². The highest BCUT2D eigenvalue weighted by atomic mass is 19.3. The summed E-state index contributed by atoms with van der Waals surface area (Å²) in [4.78, 5) is 51.8. The molecule has 41 heavy (non-hydrogen) atoms. The minimum atomic E-state index is -3.91. The summed E-state index contributed by atoms with van der Waals surface area (Å²) in [6.45, 7) is 1.49. The maximum Gasteiger partial charge on any atom is 0.412 e. The van der Waals surface area contributed by atoms with Crippen molar-refractivity contribution in [1.82, 2.24) is 9.55 Å². The largest absolute Gasteiger partial charge is 0.463 e. The molecule has 2 aromatic rings. The number of ether oxygens (including phenoxy) is 3. The molecule has 1 fully saturated rings. The number of rotatable bonds is 14. The second-order valence-electron chi connectivity index (χ2n) is 9.42. The number of benzene rings is 1. The van der Waals surface area contributed by atoms with Crippen LogP contribution < -0.4 is 16.3 Å². The van der Waals surface area contributed by atoms with Crippen LogP contribution in [0.25, 0.3) is 0 Å². The molecule has 1 aromatic carbocycles. The molecule has 3 atom stereocenters. The number of aliphatic hydroxyl groups is 1. The number of para-hydroxylation sites is 1. The highest BCUT2D eigenvalue weighted by molar-refractivity contribution is 5.90. The molecular formula is C27H34F2N4O8. The van der Waals surface area contributed by atoms with Crippen LogP contribution in [0.3, 0.4) is 0 Å². The number of aromatic nitrogens is 2. The van der Waals surface area contributed by atoms with Gasteiger partial charge in [-0.25, -0.2) is 9.59 Å². The number of amides is 2. The molecule has 224 valence electrons. The lowest BCUT2D eigenvalue weighted by atomic mass is 10.1. The Kier molecular flexibility index (Phi) is 11.7. The number of nitrogens with zero attached hydrogens (tertiary/aromatic N) is 2. The van der Waals surface area contributed by atoms with Crippen LogP contribution in [-0.4, -0.2) is 64.0 Å². The standard InChI is InChI=1S/C27H34F2N4O8/c1-2-3-9-16-39-26(38)32-20-14-15-33(25(37)31-20)24-27(28,29)23(36)19(41-24)17-40-22(35)13-8-7-12-21(34)30-18-10-5-4-6-11-18/h4-6,10-11,14-15,19,23-24,36H,2-3,7-9,12-13,16-17H2,1H3,(H,30,34)(H,31,32,37,38)/t19-,23-,24-/m1/s1. The van der Waals surface area contributed by atoms with E-state index in [-0.39, 0.29) is 31.2 Å². The first-order valence-corrected chi connectivity index (χ1v) is 13.4. The molecule has 1 aliphatic heterocycles. The van der Waals surface area contributed by atoms with Crippen molar-refractivity contribution < 1.29 is 42.5 Å². The zero-order valence-corrected chi connectivity index (χ0v) is 22.6. The van der Waals surface area contributed by atoms with Crippen LogP contribution in [0.1, 0.15) is 58.1 Å². The lowest BCUT2D eigenvalue weighted by molar-refractivity contribution is -0.150. The van der Waals surface area contributed by atoms with Crippen molar-refractivity contribution in [2.75, 3.05) is 23.8 Å². The van der Waals surface area contributed by atoms with Crippen LogP contribution in [-0.2, 0) is 23.8 Å². The lowest BCUT2D eigenvalue weighted by Gasteiger charge is -2.21. The number of hydrogen-bond acceptors (Lipinski definition) is 9. The molecule has 2 amide bonds. The molecule has 0 radical (unpaired) electrons. The van der Waals surface area contributed by atoms with E-state index in [9.17, 15) is 33.1 Å². The van der Waals surface area contributed by atoms with Crippen molar-refractivity contribution in [3.8, 4) is 0 Å². The van der Waals surface area contributed by atoms with Crippen molar-refractivity contribution in [2.24, 2.45) is 0 Å². The average Bonchev–Trinajstić information content (AvgIpc) is 3.16. The Balaban J connectivity index is 1.44. The smallest absolute Gasteiger partial charge is 0.412 e. The summed E-state index contributed by atoms with van der Waals surface area (Å²) in [5.41, 5.74) is -0.509. The fourth-order valence-electron chi connectivity index (χ4n) is 3.97. The second kappa shape index (κ2) is 15.2. The van der Waals surface area contributed by atoms with Crippen LogP contribution in [0.2, 0.25) is 0 Å². The Morgan fingerprint density at radius 1 is 1.05 bits per heavy atom. The maximum absolute atomic E-state index is 14.8. The number of aliphatic hydroxyl groups excluding tert-OH is 1. The normalized spacial score (nSPS) is 19.4. The third kappa shape index (κ3) is 9.32. The summed E-state index contributed by atoms with van der Waals surface area (Å²) >= 11 is 0. The van der Waals surface area contributed by atoms with Crippen molar-refractivity contribution in [3.05, 3.63) is 53.1 Å². The van der Waals surface area contributed by atoms with Crippen molar-refractivity contribution in [2.45, 2.75) is 76.2 Å². The maximum atomic E-state index is 14.8. The van der Waals surface area contributed by atoms with Crippen LogP contribution in [0.4, 0.5) is 25.1 Å². The van der Waals surface area contributed by atoms with E-state index in [0.717, 1.165) is 25.1 Å². The molecule has 0 bridgehead atoms. The van der Waals surface area contributed by atoms with Gasteiger partial charge in [0.25, 0.3) is 0 Å². The summed E-state index contributed by atoms with van der Waals surface area (Å²) in [6.07, 6.45) is -2.81. The van der Waals surface area contributed by atoms with Gasteiger partial charge in [-0.05, 0) is 37.5 Å². The Labute approximate surface area is 235 Å². The average molecular weight is 581 g/mol. The van der Waals surface area contributed by atoms with Gasteiger partial charge in [0.05, 0.1) is 6.61 Å².